The van der Waals surface area contributed by atoms with Crippen molar-refractivity contribution in [3.8, 4) is 11.4 Å². The van der Waals surface area contributed by atoms with Crippen molar-refractivity contribution in [2.45, 2.75) is 12.5 Å². The number of hydrogen-bond acceptors (Lipinski definition) is 4. The number of aliphatic hydroxyl groups excluding tert-OH is 1. The molecule has 2 aromatic carbocycles. The zero-order chi connectivity index (χ0) is 17.5. The van der Waals surface area contributed by atoms with Crippen molar-refractivity contribution in [1.29, 1.82) is 0 Å². The lowest BCUT2D eigenvalue weighted by Gasteiger charge is -2.18. The second-order valence-corrected chi connectivity index (χ2v) is 5.61. The van der Waals surface area contributed by atoms with Gasteiger partial charge in [0.15, 0.2) is 5.82 Å². The number of amides is 1. The molecule has 2 N–H and O–H groups in total. The van der Waals surface area contributed by atoms with Crippen LogP contribution in [0, 0.1) is 0 Å². The molecule has 0 aliphatic carbocycles. The molecule has 1 unspecified atom stereocenters. The molecule has 0 spiro atoms. The molecule has 0 fully saturated rings. The van der Waals surface area contributed by atoms with Crippen molar-refractivity contribution in [2.75, 3.05) is 6.61 Å². The Hall–Kier alpha value is -3.05. The molecule has 0 bridgehead atoms. The van der Waals surface area contributed by atoms with Crippen LogP contribution in [0.2, 0.25) is 0 Å². The fraction of sp³-hybridized carbons (Fsp3) is 0.150. The first-order valence-electron chi connectivity index (χ1n) is 8.12. The fourth-order valence-electron chi connectivity index (χ4n) is 2.56. The van der Waals surface area contributed by atoms with Gasteiger partial charge in [-0.1, -0.05) is 60.7 Å². The topological polar surface area (TPSA) is 75.1 Å². The molecule has 1 atom stereocenters. The summed E-state index contributed by atoms with van der Waals surface area (Å²) in [6.45, 7) is -0.0106. The zero-order valence-corrected chi connectivity index (χ0v) is 13.7. The zero-order valence-electron chi connectivity index (χ0n) is 13.7. The minimum atomic E-state index is -0.262. The predicted molar refractivity (Wildman–Crippen MR) is 95.8 cm³/mol. The van der Waals surface area contributed by atoms with Gasteiger partial charge in [0, 0.05) is 24.6 Å². The smallest absolute Gasteiger partial charge is 0.254 e. The summed E-state index contributed by atoms with van der Waals surface area (Å²) in [5.74, 6) is 0.314. The largest absolute Gasteiger partial charge is 0.396 e. The van der Waals surface area contributed by atoms with E-state index >= 15 is 0 Å². The maximum atomic E-state index is 12.5. The number of aliphatic hydroxyl groups is 1. The van der Waals surface area contributed by atoms with Gasteiger partial charge in [-0.3, -0.25) is 4.79 Å². The molecule has 0 radical (unpaired) electrons. The Morgan fingerprint density at radius 3 is 2.16 bits per heavy atom. The van der Waals surface area contributed by atoms with Crippen LogP contribution in [0.1, 0.15) is 28.4 Å². The maximum absolute atomic E-state index is 12.5. The molecule has 1 heterocycles. The third-order valence-electron chi connectivity index (χ3n) is 3.87. The van der Waals surface area contributed by atoms with Crippen molar-refractivity contribution >= 4 is 5.91 Å². The maximum Gasteiger partial charge on any atom is 0.254 e. The Balaban J connectivity index is 1.74. The lowest BCUT2D eigenvalue weighted by atomic mass is 10.0. The van der Waals surface area contributed by atoms with Crippen LogP contribution in [0.3, 0.4) is 0 Å². The van der Waals surface area contributed by atoms with Crippen molar-refractivity contribution in [2.24, 2.45) is 0 Å². The minimum absolute atomic E-state index is 0.0106. The molecule has 25 heavy (non-hydrogen) atoms. The second-order valence-electron chi connectivity index (χ2n) is 5.61. The molecule has 3 rings (SSSR count). The Labute approximate surface area is 146 Å². The average molecular weight is 333 g/mol. The van der Waals surface area contributed by atoms with Gasteiger partial charge < -0.3 is 10.4 Å². The highest BCUT2D eigenvalue weighted by atomic mass is 16.3. The normalized spacial score (nSPS) is 11.7. The van der Waals surface area contributed by atoms with Gasteiger partial charge >= 0.3 is 0 Å². The van der Waals surface area contributed by atoms with E-state index in [0.29, 0.717) is 17.8 Å². The number of carbonyl (C=O) groups is 1. The highest BCUT2D eigenvalue weighted by Crippen LogP contribution is 2.17. The molecule has 1 amide bonds. The van der Waals surface area contributed by atoms with Gasteiger partial charge in [0.25, 0.3) is 5.91 Å². The van der Waals surface area contributed by atoms with E-state index in [4.69, 9.17) is 0 Å². The third kappa shape index (κ3) is 4.28. The monoisotopic (exact) mass is 333 g/mol. The molecule has 0 aliphatic heterocycles. The summed E-state index contributed by atoms with van der Waals surface area (Å²) in [6.07, 6.45) is 3.48. The Morgan fingerprint density at radius 2 is 1.56 bits per heavy atom. The Morgan fingerprint density at radius 1 is 0.960 bits per heavy atom. The summed E-state index contributed by atoms with van der Waals surface area (Å²) in [4.78, 5) is 21.0. The third-order valence-corrected chi connectivity index (χ3v) is 3.87. The number of aromatic nitrogens is 2. The van der Waals surface area contributed by atoms with Crippen LogP contribution in [-0.4, -0.2) is 27.6 Å². The van der Waals surface area contributed by atoms with Gasteiger partial charge in [-0.25, -0.2) is 9.97 Å². The lowest BCUT2D eigenvalue weighted by Crippen LogP contribution is -2.29. The lowest BCUT2D eigenvalue weighted by molar-refractivity contribution is 0.0929. The predicted octanol–water partition coefficient (Wildman–Crippen LogP) is 3.00. The van der Waals surface area contributed by atoms with Gasteiger partial charge in [-0.15, -0.1) is 0 Å². The van der Waals surface area contributed by atoms with Crippen molar-refractivity contribution < 1.29 is 9.90 Å². The molecular formula is C20H19N3O2. The highest BCUT2D eigenvalue weighted by molar-refractivity contribution is 5.94. The number of carbonyl (C=O) groups excluding carboxylic acids is 1. The fourth-order valence-corrected chi connectivity index (χ4v) is 2.56. The van der Waals surface area contributed by atoms with Crippen LogP contribution < -0.4 is 5.32 Å². The van der Waals surface area contributed by atoms with Gasteiger partial charge in [0.05, 0.1) is 11.6 Å². The van der Waals surface area contributed by atoms with Crippen LogP contribution in [0.15, 0.2) is 73.1 Å². The number of hydrogen-bond donors (Lipinski definition) is 2. The van der Waals surface area contributed by atoms with E-state index in [1.165, 1.54) is 12.4 Å². The number of nitrogens with zero attached hydrogens (tertiary/aromatic N) is 2. The summed E-state index contributed by atoms with van der Waals surface area (Å²) in [6, 6.07) is 18.9. The highest BCUT2D eigenvalue weighted by Gasteiger charge is 2.16. The van der Waals surface area contributed by atoms with E-state index in [1.807, 2.05) is 60.7 Å². The standard InChI is InChI=1S/C20H19N3O2/c24-12-11-18(15-7-3-1-4-8-15)23-20(25)17-13-21-19(22-14-17)16-9-5-2-6-10-16/h1-10,13-14,18,24H,11-12H2,(H,23,25). The SMILES string of the molecule is O=C(NC(CCO)c1ccccc1)c1cnc(-c2ccccc2)nc1. The van der Waals surface area contributed by atoms with Crippen LogP contribution in [0.25, 0.3) is 11.4 Å². The van der Waals surface area contributed by atoms with Gasteiger partial charge in [0.1, 0.15) is 0 Å². The summed E-state index contributed by atoms with van der Waals surface area (Å²) < 4.78 is 0. The van der Waals surface area contributed by atoms with E-state index in [2.05, 4.69) is 15.3 Å². The number of rotatable bonds is 6. The summed E-state index contributed by atoms with van der Waals surface area (Å²) in [5, 5.41) is 12.2. The molecule has 1 aromatic heterocycles. The van der Waals surface area contributed by atoms with E-state index in [1.54, 1.807) is 0 Å². The number of nitrogens with one attached hydrogen (secondary N) is 1. The Bertz CT molecular complexity index is 805. The summed E-state index contributed by atoms with van der Waals surface area (Å²) >= 11 is 0. The van der Waals surface area contributed by atoms with Crippen LogP contribution in [0.4, 0.5) is 0 Å². The van der Waals surface area contributed by atoms with Crippen LogP contribution >= 0.6 is 0 Å². The molecule has 0 saturated carbocycles. The summed E-state index contributed by atoms with van der Waals surface area (Å²) in [7, 11) is 0. The first-order chi connectivity index (χ1) is 12.3. The molecule has 0 aliphatic rings. The van der Waals surface area contributed by atoms with E-state index in [-0.39, 0.29) is 18.6 Å². The summed E-state index contributed by atoms with van der Waals surface area (Å²) in [5.41, 5.74) is 2.24. The van der Waals surface area contributed by atoms with Gasteiger partial charge in [-0.05, 0) is 12.0 Å². The minimum Gasteiger partial charge on any atom is -0.396 e. The van der Waals surface area contributed by atoms with Crippen molar-refractivity contribution in [1.82, 2.24) is 15.3 Å². The van der Waals surface area contributed by atoms with Crippen LogP contribution in [0.5, 0.6) is 0 Å². The molecular weight excluding hydrogens is 314 g/mol. The first kappa shape index (κ1) is 16.8. The van der Waals surface area contributed by atoms with E-state index in [9.17, 15) is 9.90 Å². The molecule has 126 valence electrons. The van der Waals surface area contributed by atoms with Crippen molar-refractivity contribution in [3.05, 3.63) is 84.2 Å². The Kier molecular flexibility index (Phi) is 5.49. The molecule has 5 nitrogen and oxygen atoms in total. The van der Waals surface area contributed by atoms with Crippen molar-refractivity contribution in [3.63, 3.8) is 0 Å². The second kappa shape index (κ2) is 8.17. The molecule has 5 heteroatoms. The number of benzene rings is 2. The quantitative estimate of drug-likeness (QED) is 0.727. The van der Waals surface area contributed by atoms with Gasteiger partial charge in [0.2, 0.25) is 0 Å². The molecule has 3 aromatic rings. The first-order valence-corrected chi connectivity index (χ1v) is 8.12. The van der Waals surface area contributed by atoms with E-state index < -0.39 is 0 Å². The van der Waals surface area contributed by atoms with Gasteiger partial charge in [-0.2, -0.15) is 0 Å². The molecule has 0 saturated heterocycles. The average Bonchev–Trinajstić information content (AvgIpc) is 2.69. The van der Waals surface area contributed by atoms with Crippen LogP contribution in [-0.2, 0) is 0 Å². The van der Waals surface area contributed by atoms with E-state index in [0.717, 1.165) is 11.1 Å².